The molecule has 1 unspecified atom stereocenters. The molecule has 0 amide bonds. The fraction of sp³-hybridized carbons (Fsp3) is 0.500. The summed E-state index contributed by atoms with van der Waals surface area (Å²) in [7, 11) is 0. The first kappa shape index (κ1) is 10.1. The van der Waals surface area contributed by atoms with Gasteiger partial charge in [0.25, 0.3) is 0 Å². The lowest BCUT2D eigenvalue weighted by molar-refractivity contribution is 0.620. The van der Waals surface area contributed by atoms with E-state index in [1.165, 1.54) is 4.88 Å². The molecule has 0 aromatic carbocycles. The maximum absolute atomic E-state index is 5.45. The van der Waals surface area contributed by atoms with Crippen molar-refractivity contribution in [2.75, 3.05) is 11.5 Å². The molecule has 0 aliphatic rings. The first-order chi connectivity index (χ1) is 5.88. The lowest BCUT2D eigenvalue weighted by Gasteiger charge is -2.12. The number of thiophene rings is 1. The van der Waals surface area contributed by atoms with Crippen LogP contribution >= 0.6 is 23.1 Å². The Morgan fingerprint density at radius 1 is 1.75 bits per heavy atom. The summed E-state index contributed by atoms with van der Waals surface area (Å²) in [6.07, 6.45) is 0. The molecule has 1 heterocycles. The second-order valence-corrected chi connectivity index (χ2v) is 4.69. The van der Waals surface area contributed by atoms with Crippen molar-refractivity contribution in [3.8, 4) is 0 Å². The van der Waals surface area contributed by atoms with Gasteiger partial charge in [-0.2, -0.15) is 11.8 Å². The number of thioether (sulfide) groups is 1. The molecule has 0 aliphatic heterocycles. The molecule has 0 saturated heterocycles. The average Bonchev–Trinajstić information content (AvgIpc) is 2.59. The smallest absolute Gasteiger partial charge is 0.0643 e. The zero-order chi connectivity index (χ0) is 8.81. The van der Waals surface area contributed by atoms with Crippen LogP contribution < -0.4 is 11.3 Å². The molecule has 3 N–H and O–H groups in total. The quantitative estimate of drug-likeness (QED) is 0.566. The fourth-order valence-electron chi connectivity index (χ4n) is 0.938. The van der Waals surface area contributed by atoms with Crippen molar-refractivity contribution in [1.29, 1.82) is 0 Å². The number of nitrogens with one attached hydrogen (secondary N) is 1. The highest BCUT2D eigenvalue weighted by Gasteiger charge is 2.08. The van der Waals surface area contributed by atoms with E-state index in [-0.39, 0.29) is 0 Å². The minimum Gasteiger partial charge on any atom is -0.271 e. The molecule has 0 aliphatic carbocycles. The molecule has 1 rings (SSSR count). The molecular formula is C8H14N2S2. The number of hydrazine groups is 1. The van der Waals surface area contributed by atoms with Gasteiger partial charge in [0.05, 0.1) is 6.04 Å². The Labute approximate surface area is 81.5 Å². The largest absolute Gasteiger partial charge is 0.271 e. The van der Waals surface area contributed by atoms with Crippen LogP contribution in [0.1, 0.15) is 17.8 Å². The van der Waals surface area contributed by atoms with Crippen molar-refractivity contribution >= 4 is 23.1 Å². The van der Waals surface area contributed by atoms with Crippen LogP contribution in [0.2, 0.25) is 0 Å². The minimum atomic E-state index is 0.315. The van der Waals surface area contributed by atoms with Crippen molar-refractivity contribution < 1.29 is 0 Å². The molecule has 0 spiro atoms. The average molecular weight is 202 g/mol. The molecule has 12 heavy (non-hydrogen) atoms. The van der Waals surface area contributed by atoms with E-state index < -0.39 is 0 Å². The fourth-order valence-corrected chi connectivity index (χ4v) is 2.58. The molecule has 0 saturated carbocycles. The number of hydrogen-bond acceptors (Lipinski definition) is 4. The highest BCUT2D eigenvalue weighted by atomic mass is 32.2. The molecule has 0 fully saturated rings. The third-order valence-corrected chi connectivity index (χ3v) is 3.54. The lowest BCUT2D eigenvalue weighted by atomic mass is 10.3. The Hall–Kier alpha value is -0.0300. The van der Waals surface area contributed by atoms with E-state index in [1.807, 2.05) is 11.8 Å². The van der Waals surface area contributed by atoms with Crippen LogP contribution in [0, 0.1) is 0 Å². The van der Waals surface area contributed by atoms with E-state index in [1.54, 1.807) is 11.3 Å². The van der Waals surface area contributed by atoms with Gasteiger partial charge in [-0.3, -0.25) is 11.3 Å². The molecule has 1 aromatic heterocycles. The van der Waals surface area contributed by atoms with Crippen LogP contribution in [-0.2, 0) is 0 Å². The second-order valence-electron chi connectivity index (χ2n) is 2.39. The Morgan fingerprint density at radius 2 is 2.58 bits per heavy atom. The summed E-state index contributed by atoms with van der Waals surface area (Å²) in [5.74, 6) is 7.64. The van der Waals surface area contributed by atoms with Crippen molar-refractivity contribution in [2.45, 2.75) is 13.0 Å². The van der Waals surface area contributed by atoms with Crippen molar-refractivity contribution in [1.82, 2.24) is 5.43 Å². The Balaban J connectivity index is 2.45. The van der Waals surface area contributed by atoms with Crippen LogP contribution in [0.25, 0.3) is 0 Å². The summed E-state index contributed by atoms with van der Waals surface area (Å²) in [5, 5.41) is 2.08. The number of rotatable bonds is 5. The maximum Gasteiger partial charge on any atom is 0.0643 e. The van der Waals surface area contributed by atoms with E-state index in [0.29, 0.717) is 6.04 Å². The molecule has 4 heteroatoms. The first-order valence-electron chi connectivity index (χ1n) is 3.95. The lowest BCUT2D eigenvalue weighted by Crippen LogP contribution is -2.29. The van der Waals surface area contributed by atoms with Crippen LogP contribution in [0.3, 0.4) is 0 Å². The summed E-state index contributed by atoms with van der Waals surface area (Å²) in [4.78, 5) is 1.32. The topological polar surface area (TPSA) is 38.0 Å². The van der Waals surface area contributed by atoms with Gasteiger partial charge in [-0.1, -0.05) is 13.0 Å². The number of hydrogen-bond donors (Lipinski definition) is 2. The van der Waals surface area contributed by atoms with Crippen LogP contribution in [-0.4, -0.2) is 11.5 Å². The van der Waals surface area contributed by atoms with Gasteiger partial charge in [0.15, 0.2) is 0 Å². The second kappa shape index (κ2) is 5.59. The van der Waals surface area contributed by atoms with Crippen molar-refractivity contribution in [3.63, 3.8) is 0 Å². The summed E-state index contributed by atoms with van der Waals surface area (Å²) >= 11 is 3.65. The minimum absolute atomic E-state index is 0.315. The van der Waals surface area contributed by atoms with E-state index in [2.05, 4.69) is 29.9 Å². The third-order valence-electron chi connectivity index (χ3n) is 1.58. The van der Waals surface area contributed by atoms with Gasteiger partial charge in [0, 0.05) is 10.6 Å². The SMILES string of the molecule is CCSCC(NN)c1cccs1. The van der Waals surface area contributed by atoms with Gasteiger partial charge in [-0.15, -0.1) is 11.3 Å². The van der Waals surface area contributed by atoms with Gasteiger partial charge in [0.2, 0.25) is 0 Å². The molecule has 0 radical (unpaired) electrons. The maximum atomic E-state index is 5.45. The normalized spacial score (nSPS) is 13.2. The molecule has 0 bridgehead atoms. The van der Waals surface area contributed by atoms with Gasteiger partial charge < -0.3 is 0 Å². The first-order valence-corrected chi connectivity index (χ1v) is 5.99. The van der Waals surface area contributed by atoms with E-state index in [4.69, 9.17) is 5.84 Å². The zero-order valence-electron chi connectivity index (χ0n) is 7.12. The highest BCUT2D eigenvalue weighted by Crippen LogP contribution is 2.21. The van der Waals surface area contributed by atoms with Gasteiger partial charge in [0.1, 0.15) is 0 Å². The van der Waals surface area contributed by atoms with Gasteiger partial charge in [-0.05, 0) is 17.2 Å². The molecule has 2 nitrogen and oxygen atoms in total. The van der Waals surface area contributed by atoms with Crippen molar-refractivity contribution in [3.05, 3.63) is 22.4 Å². The van der Waals surface area contributed by atoms with Gasteiger partial charge >= 0.3 is 0 Å². The van der Waals surface area contributed by atoms with E-state index in [0.717, 1.165) is 11.5 Å². The van der Waals surface area contributed by atoms with E-state index in [9.17, 15) is 0 Å². The summed E-state index contributed by atoms with van der Waals surface area (Å²) in [5.41, 5.74) is 2.83. The van der Waals surface area contributed by atoms with Crippen molar-refractivity contribution in [2.24, 2.45) is 5.84 Å². The molecule has 68 valence electrons. The predicted molar refractivity (Wildman–Crippen MR) is 57.4 cm³/mol. The summed E-state index contributed by atoms with van der Waals surface area (Å²) in [6, 6.07) is 4.49. The van der Waals surface area contributed by atoms with Crippen LogP contribution in [0.4, 0.5) is 0 Å². The predicted octanol–water partition coefficient (Wildman–Crippen LogP) is 2.01. The van der Waals surface area contributed by atoms with Crippen LogP contribution in [0.5, 0.6) is 0 Å². The molecule has 1 aromatic rings. The standard InChI is InChI=1S/C8H14N2S2/c1-2-11-6-7(10-9)8-4-3-5-12-8/h3-5,7,10H,2,6,9H2,1H3. The molecular weight excluding hydrogens is 188 g/mol. The number of nitrogens with two attached hydrogens (primary N) is 1. The Kier molecular flexibility index (Phi) is 4.68. The zero-order valence-corrected chi connectivity index (χ0v) is 8.75. The van der Waals surface area contributed by atoms with Crippen LogP contribution in [0.15, 0.2) is 17.5 Å². The third kappa shape index (κ3) is 2.79. The molecule has 1 atom stereocenters. The van der Waals surface area contributed by atoms with Gasteiger partial charge in [-0.25, -0.2) is 0 Å². The monoisotopic (exact) mass is 202 g/mol. The Morgan fingerprint density at radius 3 is 3.08 bits per heavy atom. The highest BCUT2D eigenvalue weighted by molar-refractivity contribution is 7.99. The Bertz CT molecular complexity index is 199. The van der Waals surface area contributed by atoms with E-state index >= 15 is 0 Å². The summed E-state index contributed by atoms with van der Waals surface area (Å²) < 4.78 is 0. The summed E-state index contributed by atoms with van der Waals surface area (Å²) in [6.45, 7) is 2.16.